The molecule has 0 spiro atoms. The summed E-state index contributed by atoms with van der Waals surface area (Å²) < 4.78 is 19.2. The molecule has 6 nitrogen and oxygen atoms in total. The minimum Gasteiger partial charge on any atom is -0.497 e. The Balaban J connectivity index is 1.93. The molecule has 0 bridgehead atoms. The number of hydrazone groups is 1. The summed E-state index contributed by atoms with van der Waals surface area (Å²) in [4.78, 5) is 23.3. The van der Waals surface area contributed by atoms with Gasteiger partial charge in [0.1, 0.15) is 11.6 Å². The number of methoxy groups -OCH3 is 1. The number of halogens is 2. The first-order valence-corrected chi connectivity index (χ1v) is 7.52. The van der Waals surface area contributed by atoms with Gasteiger partial charge in [-0.3, -0.25) is 9.59 Å². The minimum atomic E-state index is -1.03. The van der Waals surface area contributed by atoms with E-state index in [-0.39, 0.29) is 5.69 Å². The Labute approximate surface area is 145 Å². The zero-order valence-corrected chi connectivity index (χ0v) is 14.1. The zero-order chi connectivity index (χ0) is 17.5. The van der Waals surface area contributed by atoms with E-state index in [0.717, 1.165) is 0 Å². The molecule has 0 aliphatic rings. The average molecular weight is 394 g/mol. The molecule has 0 aliphatic heterocycles. The lowest BCUT2D eigenvalue weighted by Crippen LogP contribution is -2.32. The molecule has 0 atom stereocenters. The number of carbonyl (C=O) groups excluding carboxylic acids is 2. The van der Waals surface area contributed by atoms with Crippen LogP contribution in [0.3, 0.4) is 0 Å². The first-order valence-electron chi connectivity index (χ1n) is 6.73. The van der Waals surface area contributed by atoms with Gasteiger partial charge in [0, 0.05) is 4.47 Å². The molecule has 124 valence electrons. The Morgan fingerprint density at radius 1 is 1.21 bits per heavy atom. The van der Waals surface area contributed by atoms with Gasteiger partial charge >= 0.3 is 11.8 Å². The summed E-state index contributed by atoms with van der Waals surface area (Å²) in [5.74, 6) is -2.07. The molecule has 8 heteroatoms. The average Bonchev–Trinajstić information content (AvgIpc) is 2.57. The zero-order valence-electron chi connectivity index (χ0n) is 12.5. The second-order valence-electron chi connectivity index (χ2n) is 4.55. The Hall–Kier alpha value is -2.74. The molecular weight excluding hydrogens is 381 g/mol. The monoisotopic (exact) mass is 393 g/mol. The third-order valence-corrected chi connectivity index (χ3v) is 3.35. The molecule has 0 saturated heterocycles. The van der Waals surface area contributed by atoms with Gasteiger partial charge in [-0.2, -0.15) is 5.10 Å². The SMILES string of the molecule is COc1cccc(/C=N/NC(=O)C(=O)Nc2ccc(Br)cc2F)c1. The number of amides is 2. The first-order chi connectivity index (χ1) is 11.5. The van der Waals surface area contributed by atoms with Gasteiger partial charge in [-0.05, 0) is 35.9 Å². The van der Waals surface area contributed by atoms with Crippen molar-refractivity contribution in [2.75, 3.05) is 12.4 Å². The van der Waals surface area contributed by atoms with Crippen LogP contribution in [-0.4, -0.2) is 25.1 Å². The number of anilines is 1. The topological polar surface area (TPSA) is 79.8 Å². The van der Waals surface area contributed by atoms with Crippen molar-refractivity contribution >= 4 is 39.6 Å². The van der Waals surface area contributed by atoms with Crippen molar-refractivity contribution in [3.63, 3.8) is 0 Å². The van der Waals surface area contributed by atoms with Gasteiger partial charge in [-0.15, -0.1) is 0 Å². The van der Waals surface area contributed by atoms with Crippen LogP contribution in [0.2, 0.25) is 0 Å². The van der Waals surface area contributed by atoms with Crippen LogP contribution >= 0.6 is 15.9 Å². The molecule has 2 rings (SSSR count). The number of rotatable bonds is 4. The van der Waals surface area contributed by atoms with E-state index in [1.807, 2.05) is 0 Å². The van der Waals surface area contributed by atoms with E-state index in [4.69, 9.17) is 4.74 Å². The lowest BCUT2D eigenvalue weighted by Gasteiger charge is -2.05. The van der Waals surface area contributed by atoms with Crippen LogP contribution < -0.4 is 15.5 Å². The highest BCUT2D eigenvalue weighted by molar-refractivity contribution is 9.10. The molecular formula is C16H13BrFN3O3. The highest BCUT2D eigenvalue weighted by atomic mass is 79.9. The van der Waals surface area contributed by atoms with Gasteiger partial charge in [0.2, 0.25) is 0 Å². The van der Waals surface area contributed by atoms with E-state index < -0.39 is 17.6 Å². The van der Waals surface area contributed by atoms with E-state index in [1.54, 1.807) is 24.3 Å². The van der Waals surface area contributed by atoms with Crippen molar-refractivity contribution in [1.82, 2.24) is 5.43 Å². The number of hydrogen-bond acceptors (Lipinski definition) is 4. The van der Waals surface area contributed by atoms with Crippen LogP contribution in [-0.2, 0) is 9.59 Å². The van der Waals surface area contributed by atoms with Gasteiger partial charge in [0.05, 0.1) is 19.0 Å². The normalized spacial score (nSPS) is 10.5. The number of benzene rings is 2. The van der Waals surface area contributed by atoms with E-state index in [9.17, 15) is 14.0 Å². The fourth-order valence-corrected chi connectivity index (χ4v) is 2.04. The maximum atomic E-state index is 13.6. The van der Waals surface area contributed by atoms with Crippen molar-refractivity contribution in [3.05, 3.63) is 58.3 Å². The van der Waals surface area contributed by atoms with Crippen molar-refractivity contribution in [1.29, 1.82) is 0 Å². The van der Waals surface area contributed by atoms with E-state index >= 15 is 0 Å². The number of hydrogen-bond donors (Lipinski definition) is 2. The fourth-order valence-electron chi connectivity index (χ4n) is 1.71. The molecule has 24 heavy (non-hydrogen) atoms. The van der Waals surface area contributed by atoms with Gasteiger partial charge in [0.25, 0.3) is 0 Å². The lowest BCUT2D eigenvalue weighted by atomic mass is 10.2. The summed E-state index contributed by atoms with van der Waals surface area (Å²) in [5, 5.41) is 5.84. The smallest absolute Gasteiger partial charge is 0.329 e. The van der Waals surface area contributed by atoms with Crippen molar-refractivity contribution in [2.24, 2.45) is 5.10 Å². The molecule has 0 radical (unpaired) electrons. The molecule has 0 aromatic heterocycles. The van der Waals surface area contributed by atoms with Gasteiger partial charge in [-0.25, -0.2) is 9.82 Å². The van der Waals surface area contributed by atoms with E-state index in [2.05, 4.69) is 31.8 Å². The molecule has 0 unspecified atom stereocenters. The third kappa shape index (κ3) is 4.88. The largest absolute Gasteiger partial charge is 0.497 e. The van der Waals surface area contributed by atoms with Gasteiger partial charge in [0.15, 0.2) is 0 Å². The number of ether oxygens (including phenoxy) is 1. The molecule has 0 heterocycles. The Morgan fingerprint density at radius 2 is 2.00 bits per heavy atom. The van der Waals surface area contributed by atoms with Crippen LogP contribution in [0.4, 0.5) is 10.1 Å². The highest BCUT2D eigenvalue weighted by Gasteiger charge is 2.15. The standard InChI is InChI=1S/C16H13BrFN3O3/c1-24-12-4-2-3-10(7-12)9-19-21-16(23)15(22)20-14-6-5-11(17)8-13(14)18/h2-9H,1H3,(H,20,22)(H,21,23)/b19-9+. The summed E-state index contributed by atoms with van der Waals surface area (Å²) in [6.45, 7) is 0. The van der Waals surface area contributed by atoms with Crippen LogP contribution in [0.1, 0.15) is 5.56 Å². The summed E-state index contributed by atoms with van der Waals surface area (Å²) >= 11 is 3.10. The summed E-state index contributed by atoms with van der Waals surface area (Å²) in [6, 6.07) is 11.0. The van der Waals surface area contributed by atoms with Crippen molar-refractivity contribution in [3.8, 4) is 5.75 Å². The first kappa shape index (κ1) is 17.6. The summed E-state index contributed by atoms with van der Waals surface area (Å²) in [6.07, 6.45) is 1.36. The lowest BCUT2D eigenvalue weighted by molar-refractivity contribution is -0.136. The summed E-state index contributed by atoms with van der Waals surface area (Å²) in [7, 11) is 1.53. The van der Waals surface area contributed by atoms with Crippen LogP contribution in [0, 0.1) is 5.82 Å². The maximum Gasteiger partial charge on any atom is 0.329 e. The Bertz CT molecular complexity index is 796. The quantitative estimate of drug-likeness (QED) is 0.476. The van der Waals surface area contributed by atoms with Crippen molar-refractivity contribution in [2.45, 2.75) is 0 Å². The predicted octanol–water partition coefficient (Wildman–Crippen LogP) is 2.69. The molecule has 0 saturated carbocycles. The van der Waals surface area contributed by atoms with Gasteiger partial charge < -0.3 is 10.1 Å². The number of nitrogens with one attached hydrogen (secondary N) is 2. The molecule has 0 fully saturated rings. The van der Waals surface area contributed by atoms with Gasteiger partial charge in [-0.1, -0.05) is 28.1 Å². The molecule has 2 aromatic rings. The third-order valence-electron chi connectivity index (χ3n) is 2.86. The van der Waals surface area contributed by atoms with Crippen LogP contribution in [0.15, 0.2) is 52.0 Å². The van der Waals surface area contributed by atoms with Crippen molar-refractivity contribution < 1.29 is 18.7 Å². The maximum absolute atomic E-state index is 13.6. The highest BCUT2D eigenvalue weighted by Crippen LogP contribution is 2.19. The predicted molar refractivity (Wildman–Crippen MR) is 91.5 cm³/mol. The van der Waals surface area contributed by atoms with Crippen LogP contribution in [0.25, 0.3) is 0 Å². The second kappa shape index (κ2) is 8.21. The number of carbonyl (C=O) groups is 2. The molecule has 2 aromatic carbocycles. The summed E-state index contributed by atoms with van der Waals surface area (Å²) in [5.41, 5.74) is 2.64. The second-order valence-corrected chi connectivity index (χ2v) is 5.47. The molecule has 0 aliphatic carbocycles. The number of nitrogens with zero attached hydrogens (tertiary/aromatic N) is 1. The molecule has 2 N–H and O–H groups in total. The Kier molecular flexibility index (Phi) is 6.02. The fraction of sp³-hybridized carbons (Fsp3) is 0.0625. The van der Waals surface area contributed by atoms with E-state index in [1.165, 1.54) is 31.5 Å². The van der Waals surface area contributed by atoms with E-state index in [0.29, 0.717) is 15.8 Å². The van der Waals surface area contributed by atoms with Crippen LogP contribution in [0.5, 0.6) is 5.75 Å². The Morgan fingerprint density at radius 3 is 2.71 bits per heavy atom. The molecule has 2 amide bonds. The minimum absolute atomic E-state index is 0.102.